The molecule has 0 saturated carbocycles. The Morgan fingerprint density at radius 1 is 0.933 bits per heavy atom. The van der Waals surface area contributed by atoms with E-state index in [0.717, 1.165) is 0 Å². The molecule has 0 saturated heterocycles. The van der Waals surface area contributed by atoms with Crippen molar-refractivity contribution in [1.29, 1.82) is 0 Å². The number of fused-ring (bicyclic) bond motifs is 1. The predicted octanol–water partition coefficient (Wildman–Crippen LogP) is 5.04. The van der Waals surface area contributed by atoms with Gasteiger partial charge in [-0.1, -0.05) is 18.2 Å². The molecule has 0 N–H and O–H groups in total. The number of carbonyl (C=O) groups is 1. The predicted molar refractivity (Wildman–Crippen MR) is 108 cm³/mol. The summed E-state index contributed by atoms with van der Waals surface area (Å²) < 4.78 is 38.2. The second-order valence-electron chi connectivity index (χ2n) is 6.46. The van der Waals surface area contributed by atoms with Crippen LogP contribution in [0, 0.1) is 11.6 Å². The Morgan fingerprint density at radius 2 is 1.73 bits per heavy atom. The summed E-state index contributed by atoms with van der Waals surface area (Å²) in [7, 11) is 2.72. The van der Waals surface area contributed by atoms with Crippen LogP contribution in [-0.4, -0.2) is 30.2 Å². The summed E-state index contributed by atoms with van der Waals surface area (Å²) >= 11 is 0. The fourth-order valence-electron chi connectivity index (χ4n) is 3.24. The number of nitrogens with zero attached hydrogens (tertiary/aromatic N) is 2. The molecule has 7 heteroatoms. The molecular formula is C23H16F2N2O3. The van der Waals surface area contributed by atoms with Crippen molar-refractivity contribution in [2.24, 2.45) is 0 Å². The third-order valence-electron chi connectivity index (χ3n) is 4.69. The fourth-order valence-corrected chi connectivity index (χ4v) is 3.24. The van der Waals surface area contributed by atoms with Gasteiger partial charge in [0, 0.05) is 28.8 Å². The number of benzene rings is 2. The maximum Gasteiger partial charge on any atom is 0.338 e. The van der Waals surface area contributed by atoms with E-state index in [-0.39, 0.29) is 5.56 Å². The third-order valence-corrected chi connectivity index (χ3v) is 4.69. The summed E-state index contributed by atoms with van der Waals surface area (Å²) in [6, 6.07) is 13.4. The largest absolute Gasteiger partial charge is 0.496 e. The van der Waals surface area contributed by atoms with E-state index < -0.39 is 17.6 Å². The lowest BCUT2D eigenvalue weighted by atomic mass is 10.0. The number of halogens is 2. The number of pyridine rings is 2. The first-order chi connectivity index (χ1) is 14.5. The fraction of sp³-hybridized carbons (Fsp3) is 0.0870. The number of carbonyl (C=O) groups excluding carboxylic acids is 1. The second-order valence-corrected chi connectivity index (χ2v) is 6.46. The topological polar surface area (TPSA) is 61.3 Å². The van der Waals surface area contributed by atoms with Gasteiger partial charge >= 0.3 is 5.97 Å². The third kappa shape index (κ3) is 3.45. The molecule has 0 spiro atoms. The molecule has 30 heavy (non-hydrogen) atoms. The Balaban J connectivity index is 1.89. The van der Waals surface area contributed by atoms with Gasteiger partial charge in [-0.15, -0.1) is 0 Å². The van der Waals surface area contributed by atoms with E-state index in [1.165, 1.54) is 50.7 Å². The molecule has 2 heterocycles. The maximum absolute atomic E-state index is 14.2. The Morgan fingerprint density at radius 3 is 2.47 bits per heavy atom. The molecule has 150 valence electrons. The van der Waals surface area contributed by atoms with Gasteiger partial charge in [-0.05, 0) is 30.3 Å². The van der Waals surface area contributed by atoms with Crippen molar-refractivity contribution in [3.8, 4) is 28.3 Å². The molecule has 0 bridgehead atoms. The lowest BCUT2D eigenvalue weighted by molar-refractivity contribution is 0.0603. The van der Waals surface area contributed by atoms with E-state index in [1.807, 2.05) is 0 Å². The van der Waals surface area contributed by atoms with E-state index in [1.54, 1.807) is 24.3 Å². The van der Waals surface area contributed by atoms with Crippen molar-refractivity contribution >= 4 is 16.9 Å². The Kier molecular flexibility index (Phi) is 5.10. The first-order valence-corrected chi connectivity index (χ1v) is 8.99. The molecule has 0 aliphatic carbocycles. The van der Waals surface area contributed by atoms with Gasteiger partial charge < -0.3 is 9.47 Å². The van der Waals surface area contributed by atoms with E-state index in [9.17, 15) is 13.6 Å². The smallest absolute Gasteiger partial charge is 0.338 e. The van der Waals surface area contributed by atoms with Gasteiger partial charge in [0.05, 0.1) is 36.7 Å². The number of ether oxygens (including phenoxy) is 2. The molecule has 2 aromatic heterocycles. The maximum atomic E-state index is 14.2. The molecule has 4 rings (SSSR count). The summed E-state index contributed by atoms with van der Waals surface area (Å²) in [5, 5.41) is 0.334. The van der Waals surface area contributed by atoms with Crippen LogP contribution in [0.25, 0.3) is 33.4 Å². The van der Waals surface area contributed by atoms with Crippen molar-refractivity contribution in [1.82, 2.24) is 9.97 Å². The molecule has 0 unspecified atom stereocenters. The average molecular weight is 406 g/mol. The van der Waals surface area contributed by atoms with Crippen LogP contribution in [0.15, 0.2) is 60.8 Å². The zero-order chi connectivity index (χ0) is 21.3. The Bertz CT molecular complexity index is 1270. The zero-order valence-electron chi connectivity index (χ0n) is 16.1. The van der Waals surface area contributed by atoms with Gasteiger partial charge in [0.25, 0.3) is 0 Å². The molecular weight excluding hydrogens is 390 g/mol. The standard InChI is InChI=1S/C23H16F2N2O3/c1-29-22-11-20(26-12-17(22)14-5-3-4-6-18(14)25)21-10-16(23(28)30-2)15-9-13(24)7-8-19(15)27-21/h3-12H,1-2H3. The molecule has 5 nitrogen and oxygen atoms in total. The molecule has 2 aromatic carbocycles. The van der Waals surface area contributed by atoms with Crippen LogP contribution >= 0.6 is 0 Å². The van der Waals surface area contributed by atoms with Crippen LogP contribution in [0.2, 0.25) is 0 Å². The number of methoxy groups -OCH3 is 2. The minimum atomic E-state index is -0.621. The van der Waals surface area contributed by atoms with Crippen LogP contribution in [0.3, 0.4) is 0 Å². The Labute approximate surface area is 170 Å². The van der Waals surface area contributed by atoms with Crippen molar-refractivity contribution in [2.45, 2.75) is 0 Å². The van der Waals surface area contributed by atoms with Gasteiger partial charge in [0.15, 0.2) is 0 Å². The zero-order valence-corrected chi connectivity index (χ0v) is 16.1. The lowest BCUT2D eigenvalue weighted by Gasteiger charge is -2.12. The van der Waals surface area contributed by atoms with E-state index in [0.29, 0.717) is 39.2 Å². The number of aromatic nitrogens is 2. The second kappa shape index (κ2) is 7.87. The lowest BCUT2D eigenvalue weighted by Crippen LogP contribution is -2.04. The van der Waals surface area contributed by atoms with Crippen molar-refractivity contribution in [2.75, 3.05) is 14.2 Å². The van der Waals surface area contributed by atoms with Crippen molar-refractivity contribution < 1.29 is 23.0 Å². The van der Waals surface area contributed by atoms with Crippen LogP contribution in [-0.2, 0) is 4.74 Å². The quantitative estimate of drug-likeness (QED) is 0.445. The average Bonchev–Trinajstić information content (AvgIpc) is 2.77. The molecule has 0 amide bonds. The van der Waals surface area contributed by atoms with Crippen LogP contribution in [0.4, 0.5) is 8.78 Å². The highest BCUT2D eigenvalue weighted by Crippen LogP contribution is 2.34. The minimum Gasteiger partial charge on any atom is -0.496 e. The minimum absolute atomic E-state index is 0.163. The number of esters is 1. The summed E-state index contributed by atoms with van der Waals surface area (Å²) in [4.78, 5) is 21.1. The normalized spacial score (nSPS) is 10.8. The highest BCUT2D eigenvalue weighted by molar-refractivity contribution is 6.04. The number of hydrogen-bond donors (Lipinski definition) is 0. The van der Waals surface area contributed by atoms with Gasteiger partial charge in [0.1, 0.15) is 17.4 Å². The van der Waals surface area contributed by atoms with Crippen LogP contribution in [0.1, 0.15) is 10.4 Å². The molecule has 0 fully saturated rings. The molecule has 0 atom stereocenters. The summed E-state index contributed by atoms with van der Waals surface area (Å²) in [5.74, 6) is -1.12. The molecule has 0 aliphatic heterocycles. The van der Waals surface area contributed by atoms with Gasteiger partial charge in [0.2, 0.25) is 0 Å². The van der Waals surface area contributed by atoms with Crippen molar-refractivity contribution in [3.05, 3.63) is 78.0 Å². The first kappa shape index (κ1) is 19.4. The molecule has 4 aromatic rings. The van der Waals surface area contributed by atoms with Crippen LogP contribution in [0.5, 0.6) is 5.75 Å². The molecule has 0 radical (unpaired) electrons. The summed E-state index contributed by atoms with van der Waals surface area (Å²) in [6.45, 7) is 0. The summed E-state index contributed by atoms with van der Waals surface area (Å²) in [5.41, 5.74) is 2.18. The van der Waals surface area contributed by atoms with E-state index >= 15 is 0 Å². The number of hydrogen-bond acceptors (Lipinski definition) is 5. The highest BCUT2D eigenvalue weighted by Gasteiger charge is 2.18. The first-order valence-electron chi connectivity index (χ1n) is 8.99. The molecule has 0 aliphatic rings. The van der Waals surface area contributed by atoms with Gasteiger partial charge in [-0.25, -0.2) is 18.6 Å². The van der Waals surface area contributed by atoms with Crippen molar-refractivity contribution in [3.63, 3.8) is 0 Å². The number of rotatable bonds is 4. The Hall–Kier alpha value is -3.87. The van der Waals surface area contributed by atoms with Gasteiger partial charge in [-0.2, -0.15) is 0 Å². The monoisotopic (exact) mass is 406 g/mol. The van der Waals surface area contributed by atoms with E-state index in [4.69, 9.17) is 9.47 Å². The van der Waals surface area contributed by atoms with Gasteiger partial charge in [-0.3, -0.25) is 4.98 Å². The highest BCUT2D eigenvalue weighted by atomic mass is 19.1. The summed E-state index contributed by atoms with van der Waals surface area (Å²) in [6.07, 6.45) is 1.49. The SMILES string of the molecule is COC(=O)c1cc(-c2cc(OC)c(-c3ccccc3F)cn2)nc2ccc(F)cc12. The van der Waals surface area contributed by atoms with Crippen LogP contribution < -0.4 is 4.74 Å². The van der Waals surface area contributed by atoms with E-state index in [2.05, 4.69) is 9.97 Å².